The van der Waals surface area contributed by atoms with Crippen LogP contribution in [-0.2, 0) is 9.59 Å². The summed E-state index contributed by atoms with van der Waals surface area (Å²) in [5.41, 5.74) is 0.673. The predicted octanol–water partition coefficient (Wildman–Crippen LogP) is 2.80. The maximum Gasteiger partial charge on any atom is 0.141 e. The zero-order chi connectivity index (χ0) is 14.4. The van der Waals surface area contributed by atoms with Crippen molar-refractivity contribution in [1.82, 2.24) is 0 Å². The monoisotopic (exact) mass is 292 g/mol. The van der Waals surface area contributed by atoms with Gasteiger partial charge in [-0.05, 0) is 60.2 Å². The van der Waals surface area contributed by atoms with E-state index in [0.29, 0.717) is 46.1 Å². The van der Waals surface area contributed by atoms with E-state index >= 15 is 0 Å². The smallest absolute Gasteiger partial charge is 0.141 e. The van der Waals surface area contributed by atoms with E-state index in [0.717, 1.165) is 0 Å². The summed E-state index contributed by atoms with van der Waals surface area (Å²) in [4.78, 5) is 26.8. The minimum atomic E-state index is 0.0507. The van der Waals surface area contributed by atoms with Crippen molar-refractivity contribution in [3.63, 3.8) is 0 Å². The van der Waals surface area contributed by atoms with Gasteiger partial charge in [0, 0.05) is 23.7 Å². The highest BCUT2D eigenvalue weighted by atomic mass is 16.1. The maximum absolute atomic E-state index is 13.4. The van der Waals surface area contributed by atoms with E-state index in [1.165, 1.54) is 25.7 Å². The molecule has 5 fully saturated rings. The molecule has 0 amide bonds. The molecule has 7 aliphatic rings. The number of rotatable bonds is 0. The van der Waals surface area contributed by atoms with Crippen LogP contribution in [0.25, 0.3) is 0 Å². The third-order valence-corrected chi connectivity index (χ3v) is 9.00. The van der Waals surface area contributed by atoms with Gasteiger partial charge < -0.3 is 0 Å². The van der Waals surface area contributed by atoms with Crippen LogP contribution in [0.3, 0.4) is 0 Å². The van der Waals surface area contributed by atoms with Gasteiger partial charge in [-0.2, -0.15) is 0 Å². The van der Waals surface area contributed by atoms with E-state index in [1.807, 2.05) is 0 Å². The van der Waals surface area contributed by atoms with Gasteiger partial charge in [0.15, 0.2) is 0 Å². The number of fused-ring (bicyclic) bond motifs is 6. The Morgan fingerprint density at radius 3 is 1.09 bits per heavy atom. The first-order chi connectivity index (χ1) is 10.7. The highest BCUT2D eigenvalue weighted by Crippen LogP contribution is 2.78. The van der Waals surface area contributed by atoms with Gasteiger partial charge in [0.2, 0.25) is 0 Å². The van der Waals surface area contributed by atoms with E-state index in [4.69, 9.17) is 0 Å². The molecule has 22 heavy (non-hydrogen) atoms. The molecule has 112 valence electrons. The second kappa shape index (κ2) is 2.95. The van der Waals surface area contributed by atoms with Gasteiger partial charge in [-0.15, -0.1) is 0 Å². The van der Waals surface area contributed by atoms with Gasteiger partial charge >= 0.3 is 0 Å². The summed E-state index contributed by atoms with van der Waals surface area (Å²) < 4.78 is 0. The van der Waals surface area contributed by atoms with Crippen molar-refractivity contribution >= 4 is 11.6 Å². The lowest BCUT2D eigenvalue weighted by Gasteiger charge is -2.40. The van der Waals surface area contributed by atoms with E-state index < -0.39 is 0 Å². The number of hydrogen-bond acceptors (Lipinski definition) is 2. The van der Waals surface area contributed by atoms with Crippen molar-refractivity contribution in [2.45, 2.75) is 25.7 Å². The molecule has 2 spiro atoms. The van der Waals surface area contributed by atoms with Crippen molar-refractivity contribution in [2.75, 3.05) is 0 Å². The second-order valence-electron chi connectivity index (χ2n) is 9.25. The first kappa shape index (κ1) is 11.4. The lowest BCUT2D eigenvalue weighted by Crippen LogP contribution is -2.50. The molecule has 0 heterocycles. The van der Waals surface area contributed by atoms with E-state index in [-0.39, 0.29) is 23.7 Å². The Morgan fingerprint density at radius 2 is 0.864 bits per heavy atom. The number of carbonyl (C=O) groups is 2. The summed E-state index contributed by atoms with van der Waals surface area (Å²) in [6.45, 7) is 0. The molecule has 0 aliphatic heterocycles. The van der Waals surface area contributed by atoms with Crippen molar-refractivity contribution < 1.29 is 9.59 Å². The minimum absolute atomic E-state index is 0.0507. The Bertz CT molecular complexity index is 610. The Kier molecular flexibility index (Phi) is 1.52. The van der Waals surface area contributed by atoms with Crippen LogP contribution < -0.4 is 0 Å². The highest BCUT2D eigenvalue weighted by molar-refractivity contribution is 6.03. The number of ketones is 2. The molecule has 7 aliphatic carbocycles. The third-order valence-electron chi connectivity index (χ3n) is 9.00. The van der Waals surface area contributed by atoms with Crippen molar-refractivity contribution in [2.24, 2.45) is 58.2 Å². The first-order valence-electron chi connectivity index (χ1n) is 9.13. The van der Waals surface area contributed by atoms with E-state index in [9.17, 15) is 9.59 Å². The van der Waals surface area contributed by atoms with Crippen LogP contribution in [0.15, 0.2) is 24.3 Å². The van der Waals surface area contributed by atoms with Crippen LogP contribution in [0, 0.1) is 58.2 Å². The van der Waals surface area contributed by atoms with Gasteiger partial charge in [-0.1, -0.05) is 24.3 Å². The lowest BCUT2D eigenvalue weighted by molar-refractivity contribution is -0.148. The maximum atomic E-state index is 13.4. The molecular formula is C20H20O2. The van der Waals surface area contributed by atoms with Crippen LogP contribution in [0.2, 0.25) is 0 Å². The Hall–Kier alpha value is -1.18. The Balaban J connectivity index is 1.41. The zero-order valence-corrected chi connectivity index (χ0v) is 12.6. The van der Waals surface area contributed by atoms with Gasteiger partial charge in [0.05, 0.1) is 0 Å². The van der Waals surface area contributed by atoms with Crippen LogP contribution in [0.1, 0.15) is 25.7 Å². The molecule has 4 bridgehead atoms. The van der Waals surface area contributed by atoms with E-state index in [1.54, 1.807) is 0 Å². The minimum Gasteiger partial charge on any atom is -0.299 e. The molecule has 0 aromatic rings. The fraction of sp³-hybridized carbons (Fsp3) is 0.700. The normalized spacial score (nSPS) is 58.7. The molecular weight excluding hydrogens is 272 g/mol. The van der Waals surface area contributed by atoms with Gasteiger partial charge in [0.1, 0.15) is 11.6 Å². The summed E-state index contributed by atoms with van der Waals surface area (Å²) in [6, 6.07) is 0. The standard InChI is InChI=1S/C20H20O2/c21-17-13-9-1-2-10(19(9)5-6-19)14(13)18(22)16-12-4-3-11(15(16)17)20(12)7-8-20/h1-4,9-16H,5-8H2/t9-,10-,11-,12-,13-,14-,15+,16+/m0/s1. The molecule has 0 radical (unpaired) electrons. The number of carbonyl (C=O) groups excluding carboxylic acids is 2. The largest absolute Gasteiger partial charge is 0.299 e. The Morgan fingerprint density at radius 1 is 0.591 bits per heavy atom. The quantitative estimate of drug-likeness (QED) is 0.643. The molecule has 8 atom stereocenters. The fourth-order valence-electron chi connectivity index (χ4n) is 7.97. The van der Waals surface area contributed by atoms with Gasteiger partial charge in [0.25, 0.3) is 0 Å². The highest BCUT2D eigenvalue weighted by Gasteiger charge is 2.78. The summed E-state index contributed by atoms with van der Waals surface area (Å²) in [5, 5.41) is 0. The average molecular weight is 292 g/mol. The van der Waals surface area contributed by atoms with Crippen LogP contribution in [-0.4, -0.2) is 11.6 Å². The third kappa shape index (κ3) is 0.871. The molecule has 7 rings (SSSR count). The van der Waals surface area contributed by atoms with Crippen molar-refractivity contribution in [1.29, 1.82) is 0 Å². The Labute approximate surface area is 130 Å². The number of allylic oxidation sites excluding steroid dienone is 4. The first-order valence-corrected chi connectivity index (χ1v) is 9.13. The van der Waals surface area contributed by atoms with Crippen LogP contribution in [0.5, 0.6) is 0 Å². The molecule has 0 aromatic carbocycles. The van der Waals surface area contributed by atoms with Gasteiger partial charge in [-0.3, -0.25) is 9.59 Å². The summed E-state index contributed by atoms with van der Waals surface area (Å²) in [6.07, 6.45) is 14.2. The van der Waals surface area contributed by atoms with Crippen LogP contribution >= 0.6 is 0 Å². The molecule has 0 unspecified atom stereocenters. The number of Topliss-reactive ketones (excluding diaryl/α,β-unsaturated/α-hetero) is 2. The number of hydrogen-bond donors (Lipinski definition) is 0. The fourth-order valence-corrected chi connectivity index (χ4v) is 7.97. The average Bonchev–Trinajstić information content (AvgIpc) is 3.37. The topological polar surface area (TPSA) is 34.1 Å². The SMILES string of the molecule is O=C1[C@@H]2[C@@H](C(=O)[C@H]3[C@H]1[C@@H]1C=C[C@@H]3C13CC3)[C@@H]1C=C[C@@H]2C12CC2. The molecule has 2 heteroatoms. The molecule has 2 nitrogen and oxygen atoms in total. The lowest BCUT2D eigenvalue weighted by atomic mass is 9.60. The molecule has 0 N–H and O–H groups in total. The summed E-state index contributed by atoms with van der Waals surface area (Å²) in [5.74, 6) is 2.78. The summed E-state index contributed by atoms with van der Waals surface area (Å²) >= 11 is 0. The molecule has 0 aromatic heterocycles. The molecule has 5 saturated carbocycles. The second-order valence-corrected chi connectivity index (χ2v) is 9.25. The van der Waals surface area contributed by atoms with Crippen molar-refractivity contribution in [3.05, 3.63) is 24.3 Å². The van der Waals surface area contributed by atoms with Crippen LogP contribution in [0.4, 0.5) is 0 Å². The van der Waals surface area contributed by atoms with E-state index in [2.05, 4.69) is 24.3 Å². The summed E-state index contributed by atoms with van der Waals surface area (Å²) in [7, 11) is 0. The van der Waals surface area contributed by atoms with Gasteiger partial charge in [-0.25, -0.2) is 0 Å². The predicted molar refractivity (Wildman–Crippen MR) is 79.5 cm³/mol. The van der Waals surface area contributed by atoms with Crippen molar-refractivity contribution in [3.8, 4) is 0 Å². The zero-order valence-electron chi connectivity index (χ0n) is 12.6. The molecule has 0 saturated heterocycles.